The lowest BCUT2D eigenvalue weighted by atomic mass is 10.2. The summed E-state index contributed by atoms with van der Waals surface area (Å²) in [5.74, 6) is 2.07. The Balaban J connectivity index is 1.68. The highest BCUT2D eigenvalue weighted by Gasteiger charge is 2.14. The van der Waals surface area contributed by atoms with Gasteiger partial charge in [-0.15, -0.1) is 0 Å². The molecule has 1 aromatic rings. The van der Waals surface area contributed by atoms with Crippen LogP contribution in [-0.2, 0) is 9.47 Å². The van der Waals surface area contributed by atoms with Crippen molar-refractivity contribution >= 4 is 11.6 Å². The molecule has 140 valence electrons. The maximum Gasteiger partial charge on any atom is 0.195 e. The molecule has 7 nitrogen and oxygen atoms in total. The third-order valence-corrected chi connectivity index (χ3v) is 3.96. The van der Waals surface area contributed by atoms with Crippen LogP contribution in [-0.4, -0.2) is 59.7 Å². The van der Waals surface area contributed by atoms with Crippen molar-refractivity contribution in [1.29, 1.82) is 0 Å². The summed E-state index contributed by atoms with van der Waals surface area (Å²) in [5.41, 5.74) is 0.875. The molecule has 0 aliphatic carbocycles. The highest BCUT2D eigenvalue weighted by atomic mass is 16.5. The van der Waals surface area contributed by atoms with Gasteiger partial charge in [-0.1, -0.05) is 0 Å². The number of hydrogen-bond donors (Lipinski definition) is 2. The minimum absolute atomic E-state index is 0.285. The largest absolute Gasteiger partial charge is 0.493 e. The molecule has 0 bridgehead atoms. The SMILES string of the molecule is CN=C(NCCCOCC1CCCO1)Nc1ccc(OC)c(OC)c1. The first-order chi connectivity index (χ1) is 12.3. The van der Waals surface area contributed by atoms with Gasteiger partial charge >= 0.3 is 0 Å². The lowest BCUT2D eigenvalue weighted by Crippen LogP contribution is -2.32. The van der Waals surface area contributed by atoms with Crippen LogP contribution in [0.1, 0.15) is 19.3 Å². The summed E-state index contributed by atoms with van der Waals surface area (Å²) in [6.07, 6.45) is 3.44. The highest BCUT2D eigenvalue weighted by Crippen LogP contribution is 2.29. The summed E-state index contributed by atoms with van der Waals surface area (Å²) >= 11 is 0. The quantitative estimate of drug-likeness (QED) is 0.404. The van der Waals surface area contributed by atoms with Crippen molar-refractivity contribution in [2.24, 2.45) is 4.99 Å². The molecule has 2 rings (SSSR count). The van der Waals surface area contributed by atoms with E-state index in [1.54, 1.807) is 21.3 Å². The Morgan fingerprint density at radius 3 is 2.80 bits per heavy atom. The van der Waals surface area contributed by atoms with Crippen LogP contribution >= 0.6 is 0 Å². The molecule has 25 heavy (non-hydrogen) atoms. The van der Waals surface area contributed by atoms with Crippen LogP contribution in [0.5, 0.6) is 11.5 Å². The number of anilines is 1. The molecule has 0 amide bonds. The van der Waals surface area contributed by atoms with E-state index in [4.69, 9.17) is 18.9 Å². The van der Waals surface area contributed by atoms with E-state index in [2.05, 4.69) is 15.6 Å². The first-order valence-corrected chi connectivity index (χ1v) is 8.66. The van der Waals surface area contributed by atoms with E-state index in [-0.39, 0.29) is 6.10 Å². The number of nitrogens with one attached hydrogen (secondary N) is 2. The number of benzene rings is 1. The standard InChI is InChI=1S/C18H29N3O4/c1-19-18(20-9-5-10-24-13-15-6-4-11-25-15)21-14-7-8-16(22-2)17(12-14)23-3/h7-8,12,15H,4-6,9-11,13H2,1-3H3,(H2,19,20,21). The van der Waals surface area contributed by atoms with Crippen LogP contribution in [0.2, 0.25) is 0 Å². The minimum Gasteiger partial charge on any atom is -0.493 e. The van der Waals surface area contributed by atoms with E-state index in [0.717, 1.165) is 38.1 Å². The summed E-state index contributed by atoms with van der Waals surface area (Å²) < 4.78 is 21.7. The van der Waals surface area contributed by atoms with Crippen LogP contribution in [0.3, 0.4) is 0 Å². The summed E-state index contributed by atoms with van der Waals surface area (Å²) in [6.45, 7) is 3.05. The zero-order chi connectivity index (χ0) is 17.9. The van der Waals surface area contributed by atoms with E-state index >= 15 is 0 Å². The average Bonchev–Trinajstić information content (AvgIpc) is 3.16. The van der Waals surface area contributed by atoms with Crippen molar-refractivity contribution in [3.05, 3.63) is 18.2 Å². The van der Waals surface area contributed by atoms with Crippen LogP contribution < -0.4 is 20.1 Å². The van der Waals surface area contributed by atoms with Crippen LogP contribution in [0.15, 0.2) is 23.2 Å². The van der Waals surface area contributed by atoms with Crippen LogP contribution in [0, 0.1) is 0 Å². The molecule has 7 heteroatoms. The van der Waals surface area contributed by atoms with Crippen LogP contribution in [0.4, 0.5) is 5.69 Å². The summed E-state index contributed by atoms with van der Waals surface area (Å²) in [5, 5.41) is 6.50. The summed E-state index contributed by atoms with van der Waals surface area (Å²) in [6, 6.07) is 5.64. The zero-order valence-electron chi connectivity index (χ0n) is 15.3. The second kappa shape index (κ2) is 10.8. The predicted molar refractivity (Wildman–Crippen MR) is 98.9 cm³/mol. The number of methoxy groups -OCH3 is 2. The fraction of sp³-hybridized carbons (Fsp3) is 0.611. The van der Waals surface area contributed by atoms with E-state index in [1.807, 2.05) is 18.2 Å². The number of rotatable bonds is 9. The molecule has 0 aromatic heterocycles. The fourth-order valence-corrected chi connectivity index (χ4v) is 2.60. The first-order valence-electron chi connectivity index (χ1n) is 8.66. The lowest BCUT2D eigenvalue weighted by molar-refractivity contribution is 0.0168. The molecule has 0 spiro atoms. The van der Waals surface area contributed by atoms with Crippen molar-refractivity contribution in [1.82, 2.24) is 5.32 Å². The second-order valence-electron chi connectivity index (χ2n) is 5.76. The molecule has 0 radical (unpaired) electrons. The van der Waals surface area contributed by atoms with Crippen LogP contribution in [0.25, 0.3) is 0 Å². The normalized spacial score (nSPS) is 17.4. The van der Waals surface area contributed by atoms with E-state index in [9.17, 15) is 0 Å². The summed E-state index contributed by atoms with van der Waals surface area (Å²) in [7, 11) is 4.97. The molecule has 1 aliphatic heterocycles. The average molecular weight is 351 g/mol. The third-order valence-electron chi connectivity index (χ3n) is 3.96. The molecular formula is C18H29N3O4. The van der Waals surface area contributed by atoms with Crippen molar-refractivity contribution in [2.45, 2.75) is 25.4 Å². The molecule has 1 saturated heterocycles. The summed E-state index contributed by atoms with van der Waals surface area (Å²) in [4.78, 5) is 4.22. The van der Waals surface area contributed by atoms with Gasteiger partial charge in [0.2, 0.25) is 0 Å². The molecule has 1 fully saturated rings. The zero-order valence-corrected chi connectivity index (χ0v) is 15.3. The monoisotopic (exact) mass is 351 g/mol. The Morgan fingerprint density at radius 2 is 2.12 bits per heavy atom. The van der Waals surface area contributed by atoms with Gasteiger partial charge < -0.3 is 29.6 Å². The van der Waals surface area contributed by atoms with Gasteiger partial charge in [0.15, 0.2) is 17.5 Å². The Kier molecular flexibility index (Phi) is 8.34. The maximum absolute atomic E-state index is 5.65. The molecule has 1 aromatic carbocycles. The third kappa shape index (κ3) is 6.43. The maximum atomic E-state index is 5.65. The number of guanidine groups is 1. The minimum atomic E-state index is 0.285. The Morgan fingerprint density at radius 1 is 1.28 bits per heavy atom. The van der Waals surface area contributed by atoms with E-state index in [1.165, 1.54) is 0 Å². The fourth-order valence-electron chi connectivity index (χ4n) is 2.60. The first kappa shape index (κ1) is 19.3. The number of ether oxygens (including phenoxy) is 4. The molecule has 1 unspecified atom stereocenters. The van der Waals surface area contributed by atoms with E-state index in [0.29, 0.717) is 30.7 Å². The van der Waals surface area contributed by atoms with Gasteiger partial charge in [-0.3, -0.25) is 4.99 Å². The van der Waals surface area contributed by atoms with Crippen molar-refractivity contribution in [3.63, 3.8) is 0 Å². The molecule has 0 saturated carbocycles. The number of nitrogens with zero attached hydrogens (tertiary/aromatic N) is 1. The lowest BCUT2D eigenvalue weighted by Gasteiger charge is -2.14. The molecule has 1 aliphatic rings. The Labute approximate surface area is 149 Å². The highest BCUT2D eigenvalue weighted by molar-refractivity contribution is 5.93. The van der Waals surface area contributed by atoms with Gasteiger partial charge in [-0.25, -0.2) is 0 Å². The Hall–Kier alpha value is -1.99. The molecular weight excluding hydrogens is 322 g/mol. The van der Waals surface area contributed by atoms with Gasteiger partial charge in [0.1, 0.15) is 0 Å². The van der Waals surface area contributed by atoms with Crippen molar-refractivity contribution in [3.8, 4) is 11.5 Å². The predicted octanol–water partition coefficient (Wildman–Crippen LogP) is 2.28. The number of aliphatic imine (C=N–C) groups is 1. The molecule has 1 heterocycles. The van der Waals surface area contributed by atoms with Gasteiger partial charge in [-0.05, 0) is 31.4 Å². The van der Waals surface area contributed by atoms with Gasteiger partial charge in [0.25, 0.3) is 0 Å². The van der Waals surface area contributed by atoms with Gasteiger partial charge in [-0.2, -0.15) is 0 Å². The van der Waals surface area contributed by atoms with Crippen molar-refractivity contribution in [2.75, 3.05) is 52.9 Å². The number of hydrogen-bond acceptors (Lipinski definition) is 5. The van der Waals surface area contributed by atoms with Crippen molar-refractivity contribution < 1.29 is 18.9 Å². The Bertz CT molecular complexity index is 545. The second-order valence-corrected chi connectivity index (χ2v) is 5.76. The van der Waals surface area contributed by atoms with Gasteiger partial charge in [0.05, 0.1) is 26.9 Å². The van der Waals surface area contributed by atoms with Gasteiger partial charge in [0, 0.05) is 38.6 Å². The molecule has 2 N–H and O–H groups in total. The van der Waals surface area contributed by atoms with E-state index < -0.39 is 0 Å². The molecule has 1 atom stereocenters. The topological polar surface area (TPSA) is 73.3 Å². The smallest absolute Gasteiger partial charge is 0.195 e.